The van der Waals surface area contributed by atoms with Crippen LogP contribution in [0.5, 0.6) is 0 Å². The molecule has 0 saturated carbocycles. The van der Waals surface area contributed by atoms with Crippen molar-refractivity contribution in [2.75, 3.05) is 19.6 Å². The van der Waals surface area contributed by atoms with Gasteiger partial charge in [0.1, 0.15) is 0 Å². The Hall–Kier alpha value is -1.35. The van der Waals surface area contributed by atoms with Crippen molar-refractivity contribution in [1.82, 2.24) is 10.2 Å². The molecule has 1 aromatic rings. The van der Waals surface area contributed by atoms with Gasteiger partial charge in [0, 0.05) is 25.7 Å². The van der Waals surface area contributed by atoms with Gasteiger partial charge in [-0.1, -0.05) is 30.3 Å². The van der Waals surface area contributed by atoms with E-state index in [0.717, 1.165) is 25.2 Å². The Bertz CT molecular complexity index is 414. The van der Waals surface area contributed by atoms with E-state index in [-0.39, 0.29) is 5.91 Å². The molecule has 1 heterocycles. The van der Waals surface area contributed by atoms with Crippen LogP contribution in [0.3, 0.4) is 0 Å². The van der Waals surface area contributed by atoms with Gasteiger partial charge in [0.05, 0.1) is 5.41 Å². The van der Waals surface area contributed by atoms with Crippen LogP contribution in [0.25, 0.3) is 0 Å². The second kappa shape index (κ2) is 5.11. The fourth-order valence-corrected chi connectivity index (χ4v) is 2.49. The van der Waals surface area contributed by atoms with Crippen LogP contribution in [-0.2, 0) is 10.2 Å². The highest BCUT2D eigenvalue weighted by Crippen LogP contribution is 2.25. The van der Waals surface area contributed by atoms with Crippen molar-refractivity contribution < 1.29 is 4.79 Å². The summed E-state index contributed by atoms with van der Waals surface area (Å²) < 4.78 is 0. The first-order valence-electron chi connectivity index (χ1n) is 6.60. The largest absolute Gasteiger partial charge is 0.339 e. The van der Waals surface area contributed by atoms with Crippen molar-refractivity contribution in [3.05, 3.63) is 35.9 Å². The summed E-state index contributed by atoms with van der Waals surface area (Å²) in [4.78, 5) is 14.6. The average Bonchev–Trinajstić information content (AvgIpc) is 2.39. The smallest absolute Gasteiger partial charge is 0.232 e. The number of piperazine rings is 1. The number of benzene rings is 1. The molecule has 1 N–H and O–H groups in total. The highest BCUT2D eigenvalue weighted by molar-refractivity contribution is 5.87. The third-order valence-electron chi connectivity index (χ3n) is 3.69. The van der Waals surface area contributed by atoms with Crippen LogP contribution in [0.4, 0.5) is 0 Å². The molecule has 3 heteroatoms. The molecule has 0 unspecified atom stereocenters. The molecule has 0 spiro atoms. The summed E-state index contributed by atoms with van der Waals surface area (Å²) in [5.41, 5.74) is 0.638. The van der Waals surface area contributed by atoms with E-state index in [1.807, 2.05) is 49.1 Å². The minimum atomic E-state index is -0.446. The number of hydrogen-bond acceptors (Lipinski definition) is 2. The SMILES string of the molecule is C[C@H]1CN(C(=O)C(C)(C)c2ccccc2)CCN1. The molecule has 0 bridgehead atoms. The first-order valence-corrected chi connectivity index (χ1v) is 6.60. The normalized spacial score (nSPS) is 20.8. The number of hydrogen-bond donors (Lipinski definition) is 1. The summed E-state index contributed by atoms with van der Waals surface area (Å²) in [6.45, 7) is 8.63. The predicted octanol–water partition coefficient (Wildman–Crippen LogP) is 1.78. The van der Waals surface area contributed by atoms with E-state index >= 15 is 0 Å². The average molecular weight is 246 g/mol. The zero-order chi connectivity index (χ0) is 13.2. The van der Waals surface area contributed by atoms with E-state index in [1.54, 1.807) is 0 Å². The minimum absolute atomic E-state index is 0.224. The molecule has 0 aliphatic carbocycles. The Balaban J connectivity index is 2.17. The van der Waals surface area contributed by atoms with Crippen molar-refractivity contribution in [2.45, 2.75) is 32.2 Å². The molecule has 1 amide bonds. The molecule has 2 rings (SSSR count). The van der Waals surface area contributed by atoms with E-state index in [9.17, 15) is 4.79 Å². The molecule has 1 fully saturated rings. The van der Waals surface area contributed by atoms with Gasteiger partial charge in [-0.05, 0) is 26.3 Å². The monoisotopic (exact) mass is 246 g/mol. The minimum Gasteiger partial charge on any atom is -0.339 e. The van der Waals surface area contributed by atoms with Crippen molar-refractivity contribution in [2.24, 2.45) is 0 Å². The number of rotatable bonds is 2. The molecule has 1 aliphatic heterocycles. The highest BCUT2D eigenvalue weighted by atomic mass is 16.2. The van der Waals surface area contributed by atoms with Crippen LogP contribution in [-0.4, -0.2) is 36.5 Å². The Morgan fingerprint density at radius 2 is 2.00 bits per heavy atom. The van der Waals surface area contributed by atoms with Crippen LogP contribution in [0.1, 0.15) is 26.3 Å². The number of amides is 1. The third-order valence-corrected chi connectivity index (χ3v) is 3.69. The molecule has 1 saturated heterocycles. The Morgan fingerprint density at radius 1 is 1.33 bits per heavy atom. The van der Waals surface area contributed by atoms with Crippen LogP contribution >= 0.6 is 0 Å². The molecule has 1 aromatic carbocycles. The number of carbonyl (C=O) groups is 1. The lowest BCUT2D eigenvalue weighted by molar-refractivity contribution is -0.137. The molecule has 3 nitrogen and oxygen atoms in total. The molecular weight excluding hydrogens is 224 g/mol. The topological polar surface area (TPSA) is 32.3 Å². The first-order chi connectivity index (χ1) is 8.51. The maximum Gasteiger partial charge on any atom is 0.232 e. The van der Waals surface area contributed by atoms with Gasteiger partial charge in [-0.2, -0.15) is 0 Å². The van der Waals surface area contributed by atoms with E-state index < -0.39 is 5.41 Å². The van der Waals surface area contributed by atoms with Crippen molar-refractivity contribution >= 4 is 5.91 Å². The van der Waals surface area contributed by atoms with Gasteiger partial charge in [-0.3, -0.25) is 4.79 Å². The van der Waals surface area contributed by atoms with Crippen molar-refractivity contribution in [1.29, 1.82) is 0 Å². The highest BCUT2D eigenvalue weighted by Gasteiger charge is 2.34. The second-order valence-electron chi connectivity index (χ2n) is 5.60. The molecule has 1 aliphatic rings. The summed E-state index contributed by atoms with van der Waals surface area (Å²) in [7, 11) is 0. The van der Waals surface area contributed by atoms with E-state index in [0.29, 0.717) is 6.04 Å². The summed E-state index contributed by atoms with van der Waals surface area (Å²) in [5, 5.41) is 3.36. The van der Waals surface area contributed by atoms with E-state index in [1.165, 1.54) is 0 Å². The molecular formula is C15H22N2O. The van der Waals surface area contributed by atoms with Crippen LogP contribution in [0.2, 0.25) is 0 Å². The van der Waals surface area contributed by atoms with E-state index in [4.69, 9.17) is 0 Å². The Kier molecular flexibility index (Phi) is 3.71. The van der Waals surface area contributed by atoms with Crippen LogP contribution < -0.4 is 5.32 Å². The van der Waals surface area contributed by atoms with Crippen LogP contribution in [0.15, 0.2) is 30.3 Å². The number of nitrogens with one attached hydrogen (secondary N) is 1. The van der Waals surface area contributed by atoms with Gasteiger partial charge >= 0.3 is 0 Å². The summed E-state index contributed by atoms with van der Waals surface area (Å²) in [6, 6.07) is 10.4. The van der Waals surface area contributed by atoms with Crippen LogP contribution in [0, 0.1) is 0 Å². The summed E-state index contributed by atoms with van der Waals surface area (Å²) >= 11 is 0. The maximum absolute atomic E-state index is 12.7. The van der Waals surface area contributed by atoms with Gasteiger partial charge in [-0.25, -0.2) is 0 Å². The third kappa shape index (κ3) is 2.56. The Labute approximate surface area is 109 Å². The zero-order valence-electron chi connectivity index (χ0n) is 11.4. The fourth-order valence-electron chi connectivity index (χ4n) is 2.49. The van der Waals surface area contributed by atoms with Gasteiger partial charge in [0.15, 0.2) is 0 Å². The summed E-state index contributed by atoms with van der Waals surface area (Å²) in [6.07, 6.45) is 0. The summed E-state index contributed by atoms with van der Waals surface area (Å²) in [5.74, 6) is 0.224. The molecule has 1 atom stereocenters. The number of carbonyl (C=O) groups excluding carboxylic acids is 1. The van der Waals surface area contributed by atoms with Gasteiger partial charge in [0.2, 0.25) is 5.91 Å². The standard InChI is InChI=1S/C15H22N2O/c1-12-11-17(10-9-16-12)14(18)15(2,3)13-7-5-4-6-8-13/h4-8,12,16H,9-11H2,1-3H3/t12-/m0/s1. The molecule has 98 valence electrons. The Morgan fingerprint density at radius 3 is 2.61 bits per heavy atom. The lowest BCUT2D eigenvalue weighted by Crippen LogP contribution is -2.55. The maximum atomic E-state index is 12.7. The van der Waals surface area contributed by atoms with Gasteiger partial charge < -0.3 is 10.2 Å². The van der Waals surface area contributed by atoms with Gasteiger partial charge in [-0.15, -0.1) is 0 Å². The van der Waals surface area contributed by atoms with Crippen molar-refractivity contribution in [3.8, 4) is 0 Å². The quantitative estimate of drug-likeness (QED) is 0.863. The lowest BCUT2D eigenvalue weighted by Gasteiger charge is -2.37. The number of nitrogens with zero attached hydrogens (tertiary/aromatic N) is 1. The second-order valence-corrected chi connectivity index (χ2v) is 5.60. The zero-order valence-corrected chi connectivity index (χ0v) is 11.4. The molecule has 0 aromatic heterocycles. The predicted molar refractivity (Wildman–Crippen MR) is 73.5 cm³/mol. The first kappa shape index (κ1) is 13.1. The van der Waals surface area contributed by atoms with Crippen molar-refractivity contribution in [3.63, 3.8) is 0 Å². The lowest BCUT2D eigenvalue weighted by atomic mass is 9.83. The molecule has 0 radical (unpaired) electrons. The van der Waals surface area contributed by atoms with Gasteiger partial charge in [0.25, 0.3) is 0 Å². The fraction of sp³-hybridized carbons (Fsp3) is 0.533. The van der Waals surface area contributed by atoms with E-state index in [2.05, 4.69) is 12.2 Å². The molecule has 18 heavy (non-hydrogen) atoms.